The molecule has 0 aliphatic carbocycles. The molecule has 0 spiro atoms. The number of benzene rings is 1. The lowest BCUT2D eigenvalue weighted by atomic mass is 10.0. The van der Waals surface area contributed by atoms with Gasteiger partial charge in [-0.05, 0) is 62.0 Å². The maximum Gasteiger partial charge on any atom is -0.000156 e. The van der Waals surface area contributed by atoms with E-state index in [0.717, 1.165) is 12.8 Å². The van der Waals surface area contributed by atoms with Crippen molar-refractivity contribution < 1.29 is 0 Å². The minimum atomic E-state index is 1.15. The fourth-order valence-corrected chi connectivity index (χ4v) is 2.44. The zero-order valence-electron chi connectivity index (χ0n) is 12.4. The summed E-state index contributed by atoms with van der Waals surface area (Å²) in [6, 6.07) is 8.95. The Morgan fingerprint density at radius 3 is 2.68 bits per heavy atom. The van der Waals surface area contributed by atoms with Gasteiger partial charge in [-0.2, -0.15) is 0 Å². The highest BCUT2D eigenvalue weighted by Gasteiger charge is 1.95. The van der Waals surface area contributed by atoms with E-state index in [9.17, 15) is 0 Å². The minimum Gasteiger partial charge on any atom is -0.0864 e. The molecule has 0 aromatic heterocycles. The van der Waals surface area contributed by atoms with Crippen LogP contribution in [0, 0.1) is 0 Å². The fraction of sp³-hybridized carbons (Fsp3) is 0.444. The van der Waals surface area contributed by atoms with Crippen molar-refractivity contribution >= 4 is 28.7 Å². The van der Waals surface area contributed by atoms with Crippen molar-refractivity contribution in [2.45, 2.75) is 46.5 Å². The van der Waals surface area contributed by atoms with Crippen LogP contribution in [0.25, 0.3) is 6.08 Å². The molecule has 0 aliphatic rings. The van der Waals surface area contributed by atoms with Gasteiger partial charge in [-0.3, -0.25) is 0 Å². The molecule has 0 unspecified atom stereocenters. The number of allylic oxidation sites excluding steroid dienone is 3. The van der Waals surface area contributed by atoms with E-state index in [1.165, 1.54) is 39.5 Å². The highest BCUT2D eigenvalue weighted by molar-refractivity contribution is 14.1. The normalized spacial score (nSPS) is 11.5. The van der Waals surface area contributed by atoms with E-state index in [0.29, 0.717) is 0 Å². The summed E-state index contributed by atoms with van der Waals surface area (Å²) in [4.78, 5) is 0. The molecule has 0 aliphatic heterocycles. The lowest BCUT2D eigenvalue weighted by molar-refractivity contribution is 0.945. The molecule has 1 rings (SSSR count). The summed E-state index contributed by atoms with van der Waals surface area (Å²) in [6.07, 6.45) is 9.41. The second kappa shape index (κ2) is 9.35. The molecular formula is C18H25I. The standard InChI is InChI=1S/C18H25I/c1-15(2)7-4-8-16(3)13-18-10-5-9-17(14-18)11-6-12-19/h5,7,9-10,13-14H,4,6,8,11-12H2,1-3H3/b16-13+. The summed E-state index contributed by atoms with van der Waals surface area (Å²) in [6.45, 7) is 6.56. The van der Waals surface area contributed by atoms with Gasteiger partial charge in [0, 0.05) is 0 Å². The average Bonchev–Trinajstić information content (AvgIpc) is 2.36. The number of aryl methyl sites for hydroxylation is 1. The van der Waals surface area contributed by atoms with E-state index >= 15 is 0 Å². The van der Waals surface area contributed by atoms with Crippen LogP contribution < -0.4 is 0 Å². The van der Waals surface area contributed by atoms with Gasteiger partial charge in [0.25, 0.3) is 0 Å². The summed E-state index contributed by atoms with van der Waals surface area (Å²) in [7, 11) is 0. The molecular weight excluding hydrogens is 343 g/mol. The third-order valence-electron chi connectivity index (χ3n) is 3.05. The molecule has 0 bridgehead atoms. The zero-order valence-corrected chi connectivity index (χ0v) is 14.5. The Morgan fingerprint density at radius 1 is 1.21 bits per heavy atom. The number of rotatable bonds is 7. The van der Waals surface area contributed by atoms with E-state index in [4.69, 9.17) is 0 Å². The van der Waals surface area contributed by atoms with Gasteiger partial charge >= 0.3 is 0 Å². The predicted molar refractivity (Wildman–Crippen MR) is 96.0 cm³/mol. The first-order valence-corrected chi connectivity index (χ1v) is 8.60. The highest BCUT2D eigenvalue weighted by Crippen LogP contribution is 2.15. The first-order chi connectivity index (χ1) is 9.11. The monoisotopic (exact) mass is 368 g/mol. The second-order valence-corrected chi connectivity index (χ2v) is 6.43. The Labute approximate surface area is 132 Å². The van der Waals surface area contributed by atoms with E-state index in [1.54, 1.807) is 0 Å². The Kier molecular flexibility index (Phi) is 8.11. The number of alkyl halides is 1. The van der Waals surface area contributed by atoms with Gasteiger partial charge in [0.15, 0.2) is 0 Å². The van der Waals surface area contributed by atoms with E-state index in [-0.39, 0.29) is 0 Å². The lowest BCUT2D eigenvalue weighted by Crippen LogP contribution is -1.87. The van der Waals surface area contributed by atoms with Gasteiger partial charge in [-0.25, -0.2) is 0 Å². The molecule has 19 heavy (non-hydrogen) atoms. The van der Waals surface area contributed by atoms with Gasteiger partial charge in [0.05, 0.1) is 0 Å². The predicted octanol–water partition coefficient (Wildman–Crippen LogP) is 6.20. The third-order valence-corrected chi connectivity index (χ3v) is 3.82. The number of hydrogen-bond donors (Lipinski definition) is 0. The van der Waals surface area contributed by atoms with Crippen LogP contribution in [-0.2, 0) is 6.42 Å². The molecule has 0 N–H and O–H groups in total. The van der Waals surface area contributed by atoms with Crippen LogP contribution in [0.1, 0.15) is 51.2 Å². The van der Waals surface area contributed by atoms with Crippen LogP contribution >= 0.6 is 22.6 Å². The molecule has 0 saturated carbocycles. The summed E-state index contributed by atoms with van der Waals surface area (Å²) in [5.41, 5.74) is 5.68. The summed E-state index contributed by atoms with van der Waals surface area (Å²) < 4.78 is 1.24. The highest BCUT2D eigenvalue weighted by atomic mass is 127. The topological polar surface area (TPSA) is 0 Å². The SMILES string of the molecule is CC(C)=CCC/C(C)=C/c1cccc(CCCI)c1. The zero-order chi connectivity index (χ0) is 14.1. The van der Waals surface area contributed by atoms with E-state index in [2.05, 4.69) is 79.8 Å². The number of halogens is 1. The van der Waals surface area contributed by atoms with Crippen molar-refractivity contribution in [3.05, 3.63) is 52.6 Å². The third kappa shape index (κ3) is 7.56. The Balaban J connectivity index is 2.61. The van der Waals surface area contributed by atoms with Gasteiger partial charge in [0.2, 0.25) is 0 Å². The van der Waals surface area contributed by atoms with Crippen molar-refractivity contribution in [3.63, 3.8) is 0 Å². The Morgan fingerprint density at radius 2 is 2.00 bits per heavy atom. The van der Waals surface area contributed by atoms with Crippen LogP contribution in [0.15, 0.2) is 41.5 Å². The van der Waals surface area contributed by atoms with Crippen molar-refractivity contribution in [2.24, 2.45) is 0 Å². The Bertz CT molecular complexity index is 437. The quantitative estimate of drug-likeness (QED) is 0.305. The molecule has 0 radical (unpaired) electrons. The molecule has 0 nitrogen and oxygen atoms in total. The van der Waals surface area contributed by atoms with E-state index in [1.807, 2.05) is 0 Å². The first kappa shape index (κ1) is 16.5. The van der Waals surface area contributed by atoms with Crippen molar-refractivity contribution in [1.29, 1.82) is 0 Å². The lowest BCUT2D eigenvalue weighted by Gasteiger charge is -2.03. The number of hydrogen-bond acceptors (Lipinski definition) is 0. The molecule has 0 heterocycles. The van der Waals surface area contributed by atoms with Crippen molar-refractivity contribution in [3.8, 4) is 0 Å². The molecule has 0 amide bonds. The van der Waals surface area contributed by atoms with E-state index < -0.39 is 0 Å². The summed E-state index contributed by atoms with van der Waals surface area (Å²) >= 11 is 2.45. The second-order valence-electron chi connectivity index (χ2n) is 5.35. The molecule has 1 aromatic carbocycles. The molecule has 104 valence electrons. The van der Waals surface area contributed by atoms with Crippen LogP contribution in [0.5, 0.6) is 0 Å². The molecule has 0 saturated heterocycles. The minimum absolute atomic E-state index is 1.15. The van der Waals surface area contributed by atoms with Crippen molar-refractivity contribution in [2.75, 3.05) is 4.43 Å². The molecule has 1 aromatic rings. The van der Waals surface area contributed by atoms with Crippen LogP contribution in [0.2, 0.25) is 0 Å². The molecule has 0 fully saturated rings. The van der Waals surface area contributed by atoms with Gasteiger partial charge in [0.1, 0.15) is 0 Å². The van der Waals surface area contributed by atoms with Crippen LogP contribution in [0.3, 0.4) is 0 Å². The summed E-state index contributed by atoms with van der Waals surface area (Å²) in [5, 5.41) is 0. The van der Waals surface area contributed by atoms with Crippen LogP contribution in [0.4, 0.5) is 0 Å². The van der Waals surface area contributed by atoms with Gasteiger partial charge in [-0.15, -0.1) is 0 Å². The average molecular weight is 368 g/mol. The van der Waals surface area contributed by atoms with Crippen LogP contribution in [-0.4, -0.2) is 4.43 Å². The first-order valence-electron chi connectivity index (χ1n) is 7.07. The largest absolute Gasteiger partial charge is 0.0864 e. The maximum absolute atomic E-state index is 2.45. The molecule has 1 heteroatoms. The maximum atomic E-state index is 2.45. The molecule has 0 atom stereocenters. The van der Waals surface area contributed by atoms with Gasteiger partial charge < -0.3 is 0 Å². The fourth-order valence-electron chi connectivity index (χ4n) is 2.05. The summed E-state index contributed by atoms with van der Waals surface area (Å²) in [5.74, 6) is 0. The smallest absolute Gasteiger partial charge is 0.000156 e. The Hall–Kier alpha value is -0.570. The van der Waals surface area contributed by atoms with Crippen molar-refractivity contribution in [1.82, 2.24) is 0 Å². The van der Waals surface area contributed by atoms with Gasteiger partial charge in [-0.1, -0.05) is 70.2 Å².